The molecule has 9 nitrogen and oxygen atoms in total. The van der Waals surface area contributed by atoms with Gasteiger partial charge in [0.15, 0.2) is 0 Å². The highest BCUT2D eigenvalue weighted by Crippen LogP contribution is 2.42. The van der Waals surface area contributed by atoms with Crippen molar-refractivity contribution in [2.45, 2.75) is 151 Å². The maximum atomic E-state index is 14.5. The number of hydrogen-bond acceptors (Lipinski definition) is 6. The van der Waals surface area contributed by atoms with Crippen LogP contribution < -0.4 is 17.1 Å². The first-order valence-electron chi connectivity index (χ1n) is 18.5. The zero-order chi connectivity index (χ0) is 41.3. The Labute approximate surface area is 324 Å². The normalized spacial score (nSPS) is 13.1. The summed E-state index contributed by atoms with van der Waals surface area (Å²) in [6.45, 7) is 29.1. The third-order valence-electron chi connectivity index (χ3n) is 9.91. The summed E-state index contributed by atoms with van der Waals surface area (Å²) in [7, 11) is 0. The quantitative estimate of drug-likeness (QED) is 0.181. The van der Waals surface area contributed by atoms with E-state index in [0.717, 1.165) is 13.7 Å². The molecule has 0 amide bonds. The van der Waals surface area contributed by atoms with E-state index in [2.05, 4.69) is 0 Å². The summed E-state index contributed by atoms with van der Waals surface area (Å²) in [5.41, 5.74) is 0.268. The molecule has 3 N–H and O–H groups in total. The molecule has 54 heavy (non-hydrogen) atoms. The Balaban J connectivity index is 2.08. The van der Waals surface area contributed by atoms with Crippen LogP contribution in [0, 0.1) is 0 Å². The third-order valence-corrected chi connectivity index (χ3v) is 10.2. The molecular weight excluding hydrogens is 702 g/mol. The Morgan fingerprint density at radius 1 is 0.407 bits per heavy atom. The van der Waals surface area contributed by atoms with Gasteiger partial charge in [0.05, 0.1) is 24.7 Å². The van der Waals surface area contributed by atoms with E-state index < -0.39 is 44.1 Å². The van der Waals surface area contributed by atoms with Gasteiger partial charge in [-0.05, 0) is 102 Å². The van der Waals surface area contributed by atoms with Gasteiger partial charge in [-0.15, -0.1) is 0 Å². The number of phenolic OH excluding ortho intramolecular Hbond substituents is 3. The molecule has 1 aromatic heterocycles. The summed E-state index contributed by atoms with van der Waals surface area (Å²) >= 11 is 6.49. The van der Waals surface area contributed by atoms with Crippen LogP contribution in [0.1, 0.15) is 148 Å². The number of rotatable bonds is 6. The van der Waals surface area contributed by atoms with Crippen molar-refractivity contribution in [3.05, 3.63) is 117 Å². The summed E-state index contributed by atoms with van der Waals surface area (Å²) < 4.78 is 3.16. The SMILES string of the molecule is CC(C)(C)c1cc(Cn2c(=O)n(Cc3cc(C(C)(C)C)c(O)c(C(C)(C)C)c3)c(=O)n(Cc3cc(C(C)(C)C)c(O)c(C(C)(C)C)c3)c2=O)cc(Cl)c1O. The third kappa shape index (κ3) is 8.67. The first-order valence-corrected chi connectivity index (χ1v) is 18.9. The molecule has 0 unspecified atom stereocenters. The van der Waals surface area contributed by atoms with Crippen molar-refractivity contribution in [3.63, 3.8) is 0 Å². The summed E-state index contributed by atoms with van der Waals surface area (Å²) in [5, 5.41) is 33.7. The fourth-order valence-electron chi connectivity index (χ4n) is 6.81. The van der Waals surface area contributed by atoms with Crippen LogP contribution in [0.4, 0.5) is 0 Å². The summed E-state index contributed by atoms with van der Waals surface area (Å²) in [6.07, 6.45) is 0. The van der Waals surface area contributed by atoms with E-state index in [9.17, 15) is 29.7 Å². The Morgan fingerprint density at radius 3 is 0.833 bits per heavy atom. The molecule has 4 rings (SSSR count). The van der Waals surface area contributed by atoms with Gasteiger partial charge in [-0.25, -0.2) is 28.1 Å². The van der Waals surface area contributed by atoms with Crippen molar-refractivity contribution >= 4 is 11.6 Å². The molecule has 1 heterocycles. The minimum atomic E-state index is -0.804. The van der Waals surface area contributed by atoms with Gasteiger partial charge in [-0.1, -0.05) is 115 Å². The lowest BCUT2D eigenvalue weighted by Gasteiger charge is -2.28. The van der Waals surface area contributed by atoms with E-state index in [-0.39, 0.29) is 41.9 Å². The topological polar surface area (TPSA) is 127 Å². The molecule has 294 valence electrons. The molecule has 0 aliphatic carbocycles. The van der Waals surface area contributed by atoms with E-state index in [4.69, 9.17) is 11.6 Å². The number of phenols is 3. The van der Waals surface area contributed by atoms with E-state index in [1.807, 2.05) is 128 Å². The molecule has 0 aliphatic heterocycles. The lowest BCUT2D eigenvalue weighted by molar-refractivity contribution is 0.421. The zero-order valence-electron chi connectivity index (χ0n) is 34.9. The molecule has 10 heteroatoms. The van der Waals surface area contributed by atoms with Crippen LogP contribution in [-0.2, 0) is 46.7 Å². The Kier molecular flexibility index (Phi) is 11.1. The summed E-state index contributed by atoms with van der Waals surface area (Å²) in [5.74, 6) is 0.267. The molecule has 4 aromatic rings. The monoisotopic (exact) mass is 761 g/mol. The number of halogens is 1. The second-order valence-electron chi connectivity index (χ2n) is 19.9. The fourth-order valence-corrected chi connectivity index (χ4v) is 7.05. The largest absolute Gasteiger partial charge is 0.507 e. The van der Waals surface area contributed by atoms with Gasteiger partial charge in [0.25, 0.3) is 0 Å². The number of aromatic nitrogens is 3. The highest BCUT2D eigenvalue weighted by atomic mass is 35.5. The molecule has 0 aliphatic rings. The number of nitrogens with zero attached hydrogens (tertiary/aromatic N) is 3. The smallest absolute Gasteiger partial charge is 0.336 e. The van der Waals surface area contributed by atoms with E-state index in [1.165, 1.54) is 6.07 Å². The van der Waals surface area contributed by atoms with Gasteiger partial charge in [0.1, 0.15) is 17.2 Å². The van der Waals surface area contributed by atoms with Gasteiger partial charge in [0.2, 0.25) is 0 Å². The van der Waals surface area contributed by atoms with Gasteiger partial charge in [0, 0.05) is 5.56 Å². The summed E-state index contributed by atoms with van der Waals surface area (Å²) in [6, 6.07) is 10.5. The fraction of sp³-hybridized carbons (Fsp3) is 0.523. The average Bonchev–Trinajstić information content (AvgIpc) is 2.99. The number of benzene rings is 3. The lowest BCUT2D eigenvalue weighted by Crippen LogP contribution is -2.54. The Bertz CT molecular complexity index is 2080. The Morgan fingerprint density at radius 2 is 0.611 bits per heavy atom. The predicted octanol–water partition coefficient (Wildman–Crippen LogP) is 8.57. The lowest BCUT2D eigenvalue weighted by atomic mass is 9.78. The van der Waals surface area contributed by atoms with Crippen LogP contribution in [0.2, 0.25) is 5.02 Å². The summed E-state index contributed by atoms with van der Waals surface area (Å²) in [4.78, 5) is 43.4. The van der Waals surface area contributed by atoms with Crippen molar-refractivity contribution in [3.8, 4) is 17.2 Å². The maximum absolute atomic E-state index is 14.5. The highest BCUT2D eigenvalue weighted by molar-refractivity contribution is 6.32. The van der Waals surface area contributed by atoms with Crippen LogP contribution >= 0.6 is 11.6 Å². The number of aromatic hydroxyl groups is 3. The number of hydrogen-bond donors (Lipinski definition) is 3. The second kappa shape index (κ2) is 14.1. The van der Waals surface area contributed by atoms with Crippen molar-refractivity contribution < 1.29 is 15.3 Å². The van der Waals surface area contributed by atoms with E-state index >= 15 is 0 Å². The van der Waals surface area contributed by atoms with E-state index in [0.29, 0.717) is 44.5 Å². The average molecular weight is 762 g/mol. The maximum Gasteiger partial charge on any atom is 0.336 e. The minimum absolute atomic E-state index is 0.0732. The molecule has 3 aromatic carbocycles. The highest BCUT2D eigenvalue weighted by Gasteiger charge is 2.30. The molecule has 0 fully saturated rings. The van der Waals surface area contributed by atoms with Crippen molar-refractivity contribution in [2.75, 3.05) is 0 Å². The van der Waals surface area contributed by atoms with Crippen LogP contribution in [0.15, 0.2) is 50.8 Å². The predicted molar refractivity (Wildman–Crippen MR) is 219 cm³/mol. The van der Waals surface area contributed by atoms with Crippen molar-refractivity contribution in [2.24, 2.45) is 0 Å². The molecule has 0 spiro atoms. The molecular formula is C44H60ClN3O6. The molecule has 0 atom stereocenters. The Hall–Kier alpha value is -4.24. The first-order chi connectivity index (χ1) is 24.3. The van der Waals surface area contributed by atoms with Gasteiger partial charge >= 0.3 is 17.1 Å². The van der Waals surface area contributed by atoms with E-state index in [1.54, 1.807) is 6.07 Å². The van der Waals surface area contributed by atoms with Gasteiger partial charge < -0.3 is 15.3 Å². The van der Waals surface area contributed by atoms with Crippen LogP contribution in [0.3, 0.4) is 0 Å². The second-order valence-corrected chi connectivity index (χ2v) is 20.3. The molecule has 0 saturated carbocycles. The minimum Gasteiger partial charge on any atom is -0.507 e. The van der Waals surface area contributed by atoms with Gasteiger partial charge in [-0.2, -0.15) is 0 Å². The first kappa shape index (κ1) is 42.5. The van der Waals surface area contributed by atoms with Gasteiger partial charge in [-0.3, -0.25) is 0 Å². The van der Waals surface area contributed by atoms with Crippen molar-refractivity contribution in [1.29, 1.82) is 0 Å². The standard InChI is InChI=1S/C44H60ClN3O6/c1-40(2,3)28-16-25(17-29(34(28)49)41(4,5)6)22-46-37(52)47(23-26-18-30(42(7,8)9)35(50)31(19-26)43(10,11)12)39(54)48(38(46)53)24-27-20-32(44(13,14)15)36(51)33(45)21-27/h16-21,49-51H,22-24H2,1-15H3. The molecule has 0 radical (unpaired) electrons. The van der Waals surface area contributed by atoms with Crippen LogP contribution in [-0.4, -0.2) is 29.0 Å². The molecule has 0 bridgehead atoms. The van der Waals surface area contributed by atoms with Crippen molar-refractivity contribution in [1.82, 2.24) is 13.7 Å². The molecule has 0 saturated heterocycles. The van der Waals surface area contributed by atoms with Crippen LogP contribution in [0.5, 0.6) is 17.2 Å². The zero-order valence-corrected chi connectivity index (χ0v) is 35.6. The van der Waals surface area contributed by atoms with Crippen LogP contribution in [0.25, 0.3) is 0 Å².